The molecule has 0 bridgehead atoms. The number of fused-ring (bicyclic) bond motifs is 1. The molecule has 1 N–H and O–H groups in total. The van der Waals surface area contributed by atoms with Crippen molar-refractivity contribution in [2.24, 2.45) is 0 Å². The van der Waals surface area contributed by atoms with E-state index < -0.39 is 0 Å². The Labute approximate surface area is 122 Å². The largest absolute Gasteiger partial charge is 0.381 e. The van der Waals surface area contributed by atoms with Crippen LogP contribution in [0, 0.1) is 0 Å². The van der Waals surface area contributed by atoms with Crippen molar-refractivity contribution in [1.82, 2.24) is 5.32 Å². The number of rotatable bonds is 3. The van der Waals surface area contributed by atoms with Gasteiger partial charge < -0.3 is 5.32 Å². The van der Waals surface area contributed by atoms with Gasteiger partial charge in [0.2, 0.25) is 0 Å². The van der Waals surface area contributed by atoms with Gasteiger partial charge in [-0.3, -0.25) is 0 Å². The molecule has 1 nitrogen and oxygen atoms in total. The molecule has 0 aliphatic carbocycles. The van der Waals surface area contributed by atoms with Crippen molar-refractivity contribution in [3.63, 3.8) is 0 Å². The second kappa shape index (κ2) is 5.81. The van der Waals surface area contributed by atoms with E-state index in [4.69, 9.17) is 0 Å². The van der Waals surface area contributed by atoms with Crippen LogP contribution in [0.4, 0.5) is 0 Å². The van der Waals surface area contributed by atoms with E-state index in [1.54, 1.807) is 0 Å². The van der Waals surface area contributed by atoms with Crippen molar-refractivity contribution in [1.29, 1.82) is 0 Å². The third kappa shape index (κ3) is 2.78. The van der Waals surface area contributed by atoms with Crippen LogP contribution in [0.15, 0.2) is 54.0 Å². The predicted molar refractivity (Wildman–Crippen MR) is 89.7 cm³/mol. The summed E-state index contributed by atoms with van der Waals surface area (Å²) >= 11 is 0. The third-order valence-corrected chi connectivity index (χ3v) is 4.99. The van der Waals surface area contributed by atoms with Gasteiger partial charge in [-0.2, -0.15) is 0 Å². The average molecular weight is 281 g/mol. The molecule has 0 spiro atoms. The summed E-state index contributed by atoms with van der Waals surface area (Å²) < 4.78 is 0. The van der Waals surface area contributed by atoms with Gasteiger partial charge in [-0.25, -0.2) is 0 Å². The van der Waals surface area contributed by atoms with Gasteiger partial charge in [-0.1, -0.05) is 62.4 Å². The molecule has 0 radical (unpaired) electrons. The van der Waals surface area contributed by atoms with Crippen molar-refractivity contribution in [3.05, 3.63) is 70.7 Å². The van der Waals surface area contributed by atoms with Gasteiger partial charge in [0, 0.05) is 12.0 Å². The van der Waals surface area contributed by atoms with Crippen LogP contribution in [-0.4, -0.2) is 0 Å². The molecule has 2 aromatic rings. The first-order valence-electron chi connectivity index (χ1n) is 7.13. The maximum atomic E-state index is 3.56. The van der Waals surface area contributed by atoms with E-state index in [0.29, 0.717) is 14.5 Å². The second-order valence-corrected chi connectivity index (χ2v) is 6.80. The van der Waals surface area contributed by atoms with Crippen LogP contribution < -0.4 is 10.6 Å². The Bertz CT molecular complexity index is 643. The minimum Gasteiger partial charge on any atom is -0.381 e. The molecule has 20 heavy (non-hydrogen) atoms. The molecule has 1 unspecified atom stereocenters. The topological polar surface area (TPSA) is 12.0 Å². The number of nitrogens with one attached hydrogen (secondary N) is 1. The number of hydrogen-bond donors (Lipinski definition) is 1. The van der Waals surface area contributed by atoms with Crippen molar-refractivity contribution >= 4 is 20.0 Å². The van der Waals surface area contributed by atoms with Crippen LogP contribution in [0.25, 0.3) is 6.08 Å². The quantitative estimate of drug-likeness (QED) is 0.831. The van der Waals surface area contributed by atoms with E-state index in [1.807, 2.05) is 0 Å². The van der Waals surface area contributed by atoms with E-state index in [2.05, 4.69) is 73.8 Å². The maximum absolute atomic E-state index is 3.56. The summed E-state index contributed by atoms with van der Waals surface area (Å²) in [6.45, 7) is 5.47. The Morgan fingerprint density at radius 1 is 1.00 bits per heavy atom. The first-order valence-corrected chi connectivity index (χ1v) is 8.13. The molecule has 0 saturated heterocycles. The Balaban J connectivity index is 1.88. The Kier molecular flexibility index (Phi) is 3.89. The SMILES string of the molecule is CC(C)c1ccccc1PC1=Cc2ccccc2CN1. The maximum Gasteiger partial charge on any atom is 0.0407 e. The summed E-state index contributed by atoms with van der Waals surface area (Å²) in [6.07, 6.45) is 2.30. The van der Waals surface area contributed by atoms with Gasteiger partial charge in [0.15, 0.2) is 0 Å². The lowest BCUT2D eigenvalue weighted by Crippen LogP contribution is -2.17. The molecule has 1 aliphatic rings. The third-order valence-electron chi connectivity index (χ3n) is 3.68. The zero-order valence-electron chi connectivity index (χ0n) is 12.0. The first-order chi connectivity index (χ1) is 9.74. The smallest absolute Gasteiger partial charge is 0.0407 e. The van der Waals surface area contributed by atoms with Crippen LogP contribution in [0.3, 0.4) is 0 Å². The summed E-state index contributed by atoms with van der Waals surface area (Å²) in [4.78, 5) is 0. The molecule has 0 saturated carbocycles. The van der Waals surface area contributed by atoms with Crippen molar-refractivity contribution in [2.45, 2.75) is 26.3 Å². The van der Waals surface area contributed by atoms with E-state index in [1.165, 1.54) is 27.4 Å². The fraction of sp³-hybridized carbons (Fsp3) is 0.222. The van der Waals surface area contributed by atoms with Crippen LogP contribution in [0.1, 0.15) is 36.5 Å². The highest BCUT2D eigenvalue weighted by Crippen LogP contribution is 2.30. The highest BCUT2D eigenvalue weighted by atomic mass is 31.1. The minimum atomic E-state index is 0.579. The van der Waals surface area contributed by atoms with Gasteiger partial charge in [0.1, 0.15) is 0 Å². The van der Waals surface area contributed by atoms with Crippen LogP contribution in [0.2, 0.25) is 0 Å². The molecule has 0 fully saturated rings. The lowest BCUT2D eigenvalue weighted by Gasteiger charge is -2.20. The summed E-state index contributed by atoms with van der Waals surface area (Å²) in [7, 11) is 0.707. The van der Waals surface area contributed by atoms with Crippen molar-refractivity contribution < 1.29 is 0 Å². The molecule has 3 rings (SSSR count). The molecule has 102 valence electrons. The summed E-state index contributed by atoms with van der Waals surface area (Å²) in [5.41, 5.74) is 5.55. The molecule has 1 aliphatic heterocycles. The molecule has 0 aromatic heterocycles. The fourth-order valence-corrected chi connectivity index (χ4v) is 3.96. The number of hydrogen-bond acceptors (Lipinski definition) is 1. The lowest BCUT2D eigenvalue weighted by atomic mass is 10.0. The molecule has 0 amide bonds. The second-order valence-electron chi connectivity index (χ2n) is 5.48. The van der Waals surface area contributed by atoms with E-state index >= 15 is 0 Å². The van der Waals surface area contributed by atoms with E-state index in [-0.39, 0.29) is 0 Å². The standard InChI is InChI=1S/C18H20NP/c1-13(2)16-9-5-6-10-17(16)20-18-11-14-7-3-4-8-15(14)12-19-18/h3-11,13,19-20H,12H2,1-2H3. The molecule has 1 atom stereocenters. The predicted octanol–water partition coefficient (Wildman–Crippen LogP) is 4.22. The van der Waals surface area contributed by atoms with Crippen molar-refractivity contribution in [3.8, 4) is 0 Å². The zero-order chi connectivity index (χ0) is 13.9. The average Bonchev–Trinajstić information content (AvgIpc) is 2.47. The zero-order valence-corrected chi connectivity index (χ0v) is 13.0. The first kappa shape index (κ1) is 13.4. The van der Waals surface area contributed by atoms with E-state index in [0.717, 1.165) is 6.54 Å². The molecule has 2 heteroatoms. The highest BCUT2D eigenvalue weighted by Gasteiger charge is 2.12. The van der Waals surface area contributed by atoms with Gasteiger partial charge >= 0.3 is 0 Å². The van der Waals surface area contributed by atoms with Gasteiger partial charge in [0.25, 0.3) is 0 Å². The summed E-state index contributed by atoms with van der Waals surface area (Å²) in [5.74, 6) is 0.579. The monoisotopic (exact) mass is 281 g/mol. The lowest BCUT2D eigenvalue weighted by molar-refractivity contribution is 0.844. The van der Waals surface area contributed by atoms with Gasteiger partial charge in [-0.05, 0) is 42.6 Å². The Morgan fingerprint density at radius 2 is 1.75 bits per heavy atom. The Morgan fingerprint density at radius 3 is 2.60 bits per heavy atom. The molecular weight excluding hydrogens is 261 g/mol. The molecule has 2 aromatic carbocycles. The summed E-state index contributed by atoms with van der Waals surface area (Å²) in [6, 6.07) is 17.4. The van der Waals surface area contributed by atoms with Crippen LogP contribution in [0.5, 0.6) is 0 Å². The molecular formula is C18H20NP. The highest BCUT2D eigenvalue weighted by molar-refractivity contribution is 7.52. The Hall–Kier alpha value is -1.59. The summed E-state index contributed by atoms with van der Waals surface area (Å²) in [5, 5.41) is 5.02. The van der Waals surface area contributed by atoms with Gasteiger partial charge in [0.05, 0.1) is 0 Å². The minimum absolute atomic E-state index is 0.579. The van der Waals surface area contributed by atoms with Crippen LogP contribution >= 0.6 is 8.58 Å². The van der Waals surface area contributed by atoms with Crippen molar-refractivity contribution in [2.75, 3.05) is 0 Å². The van der Waals surface area contributed by atoms with Crippen LogP contribution in [-0.2, 0) is 6.54 Å². The fourth-order valence-electron chi connectivity index (χ4n) is 2.57. The normalized spacial score (nSPS) is 14.2. The number of benzene rings is 2. The van der Waals surface area contributed by atoms with Gasteiger partial charge in [-0.15, -0.1) is 0 Å². The molecule has 1 heterocycles. The van der Waals surface area contributed by atoms with E-state index in [9.17, 15) is 0 Å².